The van der Waals surface area contributed by atoms with Crippen LogP contribution in [0, 0.1) is 11.8 Å². The van der Waals surface area contributed by atoms with Crippen molar-refractivity contribution in [3.8, 4) is 0 Å². The van der Waals surface area contributed by atoms with Crippen LogP contribution in [-0.2, 0) is 24.4 Å². The average molecular weight is 358 g/mol. The average Bonchev–Trinajstić information content (AvgIpc) is 3.33. The molecule has 3 aliphatic heterocycles. The van der Waals surface area contributed by atoms with E-state index in [1.807, 2.05) is 30.1 Å². The van der Waals surface area contributed by atoms with E-state index in [0.717, 1.165) is 50.5 Å². The van der Waals surface area contributed by atoms with E-state index in [0.29, 0.717) is 18.5 Å². The Kier molecular flexibility index (Phi) is 5.03. The van der Waals surface area contributed by atoms with Gasteiger partial charge in [-0.15, -0.1) is 5.10 Å². The summed E-state index contributed by atoms with van der Waals surface area (Å²) in [6.07, 6.45) is 5.78. The fourth-order valence-corrected chi connectivity index (χ4v) is 4.25. The van der Waals surface area contributed by atoms with Gasteiger partial charge in [-0.1, -0.05) is 5.21 Å². The molecule has 5 heterocycles. The second kappa shape index (κ2) is 7.59. The maximum Gasteiger partial charge on any atom is 0.225 e. The van der Waals surface area contributed by atoms with Crippen molar-refractivity contribution in [1.29, 1.82) is 0 Å². The summed E-state index contributed by atoms with van der Waals surface area (Å²) >= 11 is 0. The van der Waals surface area contributed by atoms with Crippen LogP contribution in [0.3, 0.4) is 0 Å². The summed E-state index contributed by atoms with van der Waals surface area (Å²) in [6.45, 7) is 3.93. The number of carbonyl (C=O) groups is 1. The summed E-state index contributed by atoms with van der Waals surface area (Å²) in [5, 5.41) is 14.5. The van der Waals surface area contributed by atoms with Crippen LogP contribution in [0.2, 0.25) is 0 Å². The first-order chi connectivity index (χ1) is 12.7. The van der Waals surface area contributed by atoms with E-state index < -0.39 is 0 Å². The number of hydrogen-bond donors (Lipinski definition) is 2. The predicted octanol–water partition coefficient (Wildman–Crippen LogP) is 0.617. The minimum Gasteiger partial charge on any atom is -0.467 e. The number of rotatable bonds is 7. The zero-order chi connectivity index (χ0) is 17.9. The molecule has 5 rings (SSSR count). The van der Waals surface area contributed by atoms with Gasteiger partial charge in [0.15, 0.2) is 0 Å². The molecule has 2 aromatic rings. The van der Waals surface area contributed by atoms with Crippen molar-refractivity contribution in [2.45, 2.75) is 38.5 Å². The molecule has 0 spiro atoms. The van der Waals surface area contributed by atoms with Crippen molar-refractivity contribution in [2.24, 2.45) is 11.8 Å². The molecule has 2 aromatic heterocycles. The Morgan fingerprint density at radius 1 is 1.42 bits per heavy atom. The van der Waals surface area contributed by atoms with Gasteiger partial charge in [-0.3, -0.25) is 14.4 Å². The van der Waals surface area contributed by atoms with Crippen LogP contribution in [-0.4, -0.2) is 52.0 Å². The highest BCUT2D eigenvalue weighted by Crippen LogP contribution is 2.36. The van der Waals surface area contributed by atoms with Crippen molar-refractivity contribution < 1.29 is 9.21 Å². The van der Waals surface area contributed by atoms with E-state index in [2.05, 4.69) is 25.8 Å². The molecule has 140 valence electrons. The van der Waals surface area contributed by atoms with Crippen molar-refractivity contribution in [2.75, 3.05) is 20.1 Å². The number of piperidine rings is 3. The molecule has 1 amide bonds. The Labute approximate surface area is 152 Å². The second-order valence-corrected chi connectivity index (χ2v) is 7.30. The summed E-state index contributed by atoms with van der Waals surface area (Å²) in [7, 11) is 1.90. The van der Waals surface area contributed by atoms with Gasteiger partial charge in [-0.05, 0) is 44.5 Å². The maximum absolute atomic E-state index is 12.6. The van der Waals surface area contributed by atoms with Crippen molar-refractivity contribution >= 4 is 5.91 Å². The van der Waals surface area contributed by atoms with Crippen molar-refractivity contribution in [1.82, 2.24) is 30.5 Å². The molecule has 0 aliphatic carbocycles. The van der Waals surface area contributed by atoms with E-state index in [4.69, 9.17) is 4.42 Å². The molecule has 3 aliphatic rings. The third kappa shape index (κ3) is 3.66. The quantitative estimate of drug-likeness (QED) is 0.754. The molecule has 3 saturated heterocycles. The third-order valence-electron chi connectivity index (χ3n) is 5.57. The lowest BCUT2D eigenvalue weighted by Crippen LogP contribution is -2.57. The summed E-state index contributed by atoms with van der Waals surface area (Å²) in [5.41, 5.74) is 0.957. The van der Waals surface area contributed by atoms with Crippen molar-refractivity contribution in [3.05, 3.63) is 36.0 Å². The Morgan fingerprint density at radius 3 is 3.08 bits per heavy atom. The van der Waals surface area contributed by atoms with Gasteiger partial charge in [0.25, 0.3) is 0 Å². The predicted molar refractivity (Wildman–Crippen MR) is 94.9 cm³/mol. The fraction of sp³-hybridized carbons (Fsp3) is 0.611. The molecule has 2 unspecified atom stereocenters. The molecule has 3 fully saturated rings. The summed E-state index contributed by atoms with van der Waals surface area (Å²) < 4.78 is 7.23. The highest BCUT2D eigenvalue weighted by atomic mass is 16.3. The minimum absolute atomic E-state index is 0.0746. The van der Waals surface area contributed by atoms with E-state index >= 15 is 0 Å². The topological polar surface area (TPSA) is 88.2 Å². The number of nitrogens with one attached hydrogen (secondary N) is 2. The van der Waals surface area contributed by atoms with Gasteiger partial charge in [-0.25, -0.2) is 0 Å². The van der Waals surface area contributed by atoms with Gasteiger partial charge in [0, 0.05) is 25.3 Å². The Bertz CT molecular complexity index is 728. The summed E-state index contributed by atoms with van der Waals surface area (Å²) in [4.78, 5) is 15.1. The van der Waals surface area contributed by atoms with Gasteiger partial charge >= 0.3 is 0 Å². The van der Waals surface area contributed by atoms with Crippen LogP contribution < -0.4 is 10.6 Å². The molecule has 4 atom stereocenters. The van der Waals surface area contributed by atoms with Crippen LogP contribution in [0.5, 0.6) is 0 Å². The highest BCUT2D eigenvalue weighted by Gasteiger charge is 2.43. The van der Waals surface area contributed by atoms with E-state index in [1.54, 1.807) is 6.26 Å². The van der Waals surface area contributed by atoms with Crippen molar-refractivity contribution in [3.63, 3.8) is 0 Å². The summed E-state index contributed by atoms with van der Waals surface area (Å²) in [6, 6.07) is 4.16. The SMILES string of the molecule is CNCc1cn(C[C@H]2CC3CCN2C[C@@H]3C(=O)NCc2ccco2)nn1. The molecule has 0 saturated carbocycles. The Hall–Kier alpha value is -2.19. The van der Waals surface area contributed by atoms with Gasteiger partial charge in [0.1, 0.15) is 5.76 Å². The van der Waals surface area contributed by atoms with Crippen LogP contribution in [0.1, 0.15) is 24.3 Å². The van der Waals surface area contributed by atoms with E-state index in [-0.39, 0.29) is 11.8 Å². The number of aromatic nitrogens is 3. The molecule has 2 bridgehead atoms. The minimum atomic E-state index is 0.0746. The Balaban J connectivity index is 1.32. The fourth-order valence-electron chi connectivity index (χ4n) is 4.25. The normalized spacial score (nSPS) is 27.6. The van der Waals surface area contributed by atoms with Crippen LogP contribution in [0.25, 0.3) is 0 Å². The first-order valence-electron chi connectivity index (χ1n) is 9.30. The largest absolute Gasteiger partial charge is 0.467 e. The van der Waals surface area contributed by atoms with Gasteiger partial charge in [-0.2, -0.15) is 0 Å². The van der Waals surface area contributed by atoms with Crippen LogP contribution >= 0.6 is 0 Å². The molecule has 0 aromatic carbocycles. The second-order valence-electron chi connectivity index (χ2n) is 7.30. The number of furan rings is 1. The van der Waals surface area contributed by atoms with Gasteiger partial charge in [0.05, 0.1) is 31.0 Å². The first-order valence-corrected chi connectivity index (χ1v) is 9.30. The summed E-state index contributed by atoms with van der Waals surface area (Å²) in [5.74, 6) is 1.46. The van der Waals surface area contributed by atoms with Crippen LogP contribution in [0.15, 0.2) is 29.0 Å². The zero-order valence-electron chi connectivity index (χ0n) is 15.1. The number of amides is 1. The molecule has 0 radical (unpaired) electrons. The van der Waals surface area contributed by atoms with Gasteiger partial charge < -0.3 is 15.1 Å². The Morgan fingerprint density at radius 2 is 2.35 bits per heavy atom. The number of fused-ring (bicyclic) bond motifs is 3. The highest BCUT2D eigenvalue weighted by molar-refractivity contribution is 5.79. The lowest BCUT2D eigenvalue weighted by Gasteiger charge is -2.49. The lowest BCUT2D eigenvalue weighted by atomic mass is 9.75. The number of carbonyl (C=O) groups excluding carboxylic acids is 1. The molecule has 26 heavy (non-hydrogen) atoms. The van der Waals surface area contributed by atoms with E-state index in [1.165, 1.54) is 0 Å². The first kappa shape index (κ1) is 17.2. The molecule has 2 N–H and O–H groups in total. The smallest absolute Gasteiger partial charge is 0.225 e. The molecular formula is C18H26N6O2. The third-order valence-corrected chi connectivity index (χ3v) is 5.57. The maximum atomic E-state index is 12.6. The molecule has 8 heteroatoms. The van der Waals surface area contributed by atoms with Crippen LogP contribution in [0.4, 0.5) is 0 Å². The monoisotopic (exact) mass is 358 g/mol. The van der Waals surface area contributed by atoms with Gasteiger partial charge in [0.2, 0.25) is 5.91 Å². The standard InChI is InChI=1S/C18H26N6O2/c1-19-8-14-10-24(22-21-14)11-15-7-13-4-5-23(15)12-17(13)18(25)20-9-16-3-2-6-26-16/h2-3,6,10,13,15,17,19H,4-5,7-9,11-12H2,1H3,(H,20,25)/t13?,15-,17+/m1/s1. The van der Waals surface area contributed by atoms with E-state index in [9.17, 15) is 4.79 Å². The number of hydrogen-bond acceptors (Lipinski definition) is 6. The lowest BCUT2D eigenvalue weighted by molar-refractivity contribution is -0.133. The zero-order valence-corrected chi connectivity index (χ0v) is 15.1. The number of nitrogens with zero attached hydrogens (tertiary/aromatic N) is 4. The molecule has 8 nitrogen and oxygen atoms in total. The molecular weight excluding hydrogens is 332 g/mol.